The molecule has 2 saturated heterocycles. The van der Waals surface area contributed by atoms with E-state index < -0.39 is 0 Å². The molecule has 0 atom stereocenters. The Kier molecular flexibility index (Phi) is 7.47. The summed E-state index contributed by atoms with van der Waals surface area (Å²) in [5.41, 5.74) is 4.53. The number of rotatable bonds is 6. The van der Waals surface area contributed by atoms with Crippen molar-refractivity contribution in [1.29, 1.82) is 5.26 Å². The highest BCUT2D eigenvalue weighted by molar-refractivity contribution is 5.79. The quantitative estimate of drug-likeness (QED) is 0.555. The Morgan fingerprint density at radius 1 is 0.946 bits per heavy atom. The molecule has 3 heterocycles. The number of nitrogens with one attached hydrogen (secondary N) is 1. The number of amides is 1. The minimum absolute atomic E-state index is 0.103. The van der Waals surface area contributed by atoms with Crippen molar-refractivity contribution in [3.63, 3.8) is 0 Å². The van der Waals surface area contributed by atoms with Gasteiger partial charge in [0.05, 0.1) is 31.3 Å². The lowest BCUT2D eigenvalue weighted by Crippen LogP contribution is -2.49. The second-order valence-electron chi connectivity index (χ2n) is 9.32. The molecule has 9 heteroatoms. The normalized spacial score (nSPS) is 15.8. The molecule has 0 saturated carbocycles. The lowest BCUT2D eigenvalue weighted by atomic mass is 10.1. The van der Waals surface area contributed by atoms with Crippen LogP contribution in [-0.4, -0.2) is 73.3 Å². The van der Waals surface area contributed by atoms with Crippen LogP contribution in [0.25, 0.3) is 0 Å². The van der Waals surface area contributed by atoms with Gasteiger partial charge in [0.25, 0.3) is 0 Å². The summed E-state index contributed by atoms with van der Waals surface area (Å²) in [4.78, 5) is 28.6. The van der Waals surface area contributed by atoms with Gasteiger partial charge in [-0.2, -0.15) is 10.2 Å². The molecule has 2 fully saturated rings. The number of benzene rings is 2. The van der Waals surface area contributed by atoms with E-state index in [4.69, 9.17) is 15.0 Å². The van der Waals surface area contributed by atoms with Crippen LogP contribution in [0, 0.1) is 18.3 Å². The summed E-state index contributed by atoms with van der Waals surface area (Å²) in [6, 6.07) is 19.6. The molecular formula is C28H31N7O2. The van der Waals surface area contributed by atoms with Crippen LogP contribution in [0.5, 0.6) is 0 Å². The number of carbonyl (C=O) groups excluding carboxylic acids is 1. The Labute approximate surface area is 217 Å². The van der Waals surface area contributed by atoms with Crippen molar-refractivity contribution in [2.75, 3.05) is 67.6 Å². The largest absolute Gasteiger partial charge is 0.378 e. The summed E-state index contributed by atoms with van der Waals surface area (Å²) < 4.78 is 5.44. The Balaban J connectivity index is 1.18. The molecule has 0 unspecified atom stereocenters. The molecule has 0 bridgehead atoms. The van der Waals surface area contributed by atoms with Gasteiger partial charge in [-0.25, -0.2) is 4.98 Å². The Morgan fingerprint density at radius 3 is 2.32 bits per heavy atom. The van der Waals surface area contributed by atoms with Crippen molar-refractivity contribution in [1.82, 2.24) is 14.9 Å². The Morgan fingerprint density at radius 2 is 1.65 bits per heavy atom. The molecule has 0 spiro atoms. The molecule has 0 radical (unpaired) electrons. The summed E-state index contributed by atoms with van der Waals surface area (Å²) >= 11 is 0. The minimum atomic E-state index is 0.103. The SMILES string of the molecule is Cc1cc(N2CCN(C(=O)Cc3ccc(C#N)cc3)CC2)nc(Nc2ccc(N3CCOCC3)cc2)n1. The Hall–Kier alpha value is -4.16. The average Bonchev–Trinajstić information content (AvgIpc) is 2.94. The first-order chi connectivity index (χ1) is 18.1. The molecule has 9 nitrogen and oxygen atoms in total. The van der Waals surface area contributed by atoms with Gasteiger partial charge in [-0.05, 0) is 48.9 Å². The van der Waals surface area contributed by atoms with E-state index in [9.17, 15) is 4.79 Å². The van der Waals surface area contributed by atoms with Gasteiger partial charge in [0.15, 0.2) is 0 Å². The predicted octanol–water partition coefficient (Wildman–Crippen LogP) is 3.13. The number of hydrogen-bond donors (Lipinski definition) is 1. The standard InChI is InChI=1S/C28H31N7O2/c1-21-18-26(32-28(30-21)31-24-6-8-25(9-7-24)33-14-16-37-17-15-33)34-10-12-35(13-11-34)27(36)19-22-2-4-23(20-29)5-3-22/h2-9,18H,10-17,19H2,1H3,(H,30,31,32). The van der Waals surface area contributed by atoms with Gasteiger partial charge in [-0.1, -0.05) is 12.1 Å². The van der Waals surface area contributed by atoms with E-state index >= 15 is 0 Å². The van der Waals surface area contributed by atoms with Gasteiger partial charge in [-0.3, -0.25) is 4.79 Å². The number of ether oxygens (including phenoxy) is 1. The highest BCUT2D eigenvalue weighted by Gasteiger charge is 2.23. The van der Waals surface area contributed by atoms with E-state index in [2.05, 4.69) is 50.4 Å². The van der Waals surface area contributed by atoms with Gasteiger partial charge in [0, 0.05) is 62.4 Å². The highest BCUT2D eigenvalue weighted by atomic mass is 16.5. The first-order valence-electron chi connectivity index (χ1n) is 12.6. The van der Waals surface area contributed by atoms with E-state index in [-0.39, 0.29) is 5.91 Å². The van der Waals surface area contributed by atoms with Crippen molar-refractivity contribution in [3.05, 3.63) is 71.4 Å². The maximum atomic E-state index is 12.8. The first-order valence-corrected chi connectivity index (χ1v) is 12.6. The number of anilines is 4. The maximum absolute atomic E-state index is 12.8. The second-order valence-corrected chi connectivity index (χ2v) is 9.32. The van der Waals surface area contributed by atoms with Crippen LogP contribution >= 0.6 is 0 Å². The number of nitrogens with zero attached hydrogens (tertiary/aromatic N) is 6. The molecule has 1 aromatic heterocycles. The zero-order chi connectivity index (χ0) is 25.6. The fourth-order valence-corrected chi connectivity index (χ4v) is 4.64. The van der Waals surface area contributed by atoms with Crippen molar-refractivity contribution >= 4 is 29.0 Å². The van der Waals surface area contributed by atoms with Crippen LogP contribution in [0.2, 0.25) is 0 Å². The molecule has 2 aliphatic rings. The summed E-state index contributed by atoms with van der Waals surface area (Å²) in [5, 5.41) is 12.3. The minimum Gasteiger partial charge on any atom is -0.378 e. The van der Waals surface area contributed by atoms with Gasteiger partial charge in [0.2, 0.25) is 11.9 Å². The van der Waals surface area contributed by atoms with Crippen molar-refractivity contribution in [3.8, 4) is 6.07 Å². The molecule has 5 rings (SSSR count). The lowest BCUT2D eigenvalue weighted by Gasteiger charge is -2.35. The van der Waals surface area contributed by atoms with E-state index in [0.717, 1.165) is 49.1 Å². The van der Waals surface area contributed by atoms with Crippen LogP contribution in [0.3, 0.4) is 0 Å². The molecular weight excluding hydrogens is 466 g/mol. The smallest absolute Gasteiger partial charge is 0.229 e. The molecule has 3 aromatic rings. The topological polar surface area (TPSA) is 97.6 Å². The first kappa shape index (κ1) is 24.5. The molecule has 1 amide bonds. The summed E-state index contributed by atoms with van der Waals surface area (Å²) in [5.74, 6) is 1.53. The predicted molar refractivity (Wildman–Crippen MR) is 143 cm³/mol. The number of nitriles is 1. The number of aromatic nitrogens is 2. The maximum Gasteiger partial charge on any atom is 0.229 e. The van der Waals surface area contributed by atoms with Gasteiger partial charge in [-0.15, -0.1) is 0 Å². The number of hydrogen-bond acceptors (Lipinski definition) is 8. The monoisotopic (exact) mass is 497 g/mol. The third kappa shape index (κ3) is 6.16. The van der Waals surface area contributed by atoms with Crippen molar-refractivity contribution in [2.24, 2.45) is 0 Å². The summed E-state index contributed by atoms with van der Waals surface area (Å²) in [6.45, 7) is 8.02. The van der Waals surface area contributed by atoms with Crippen LogP contribution in [0.1, 0.15) is 16.8 Å². The molecule has 190 valence electrons. The second kappa shape index (κ2) is 11.3. The Bertz CT molecular complexity index is 1260. The van der Waals surface area contributed by atoms with Gasteiger partial charge in [0.1, 0.15) is 5.82 Å². The van der Waals surface area contributed by atoms with Gasteiger partial charge >= 0.3 is 0 Å². The summed E-state index contributed by atoms with van der Waals surface area (Å²) in [7, 11) is 0. The van der Waals surface area contributed by atoms with E-state index in [1.165, 1.54) is 5.69 Å². The zero-order valence-corrected chi connectivity index (χ0v) is 21.1. The molecule has 2 aromatic carbocycles. The molecule has 37 heavy (non-hydrogen) atoms. The number of piperazine rings is 1. The number of carbonyl (C=O) groups is 1. The van der Waals surface area contributed by atoms with Crippen LogP contribution < -0.4 is 15.1 Å². The molecule has 1 N–H and O–H groups in total. The van der Waals surface area contributed by atoms with Gasteiger partial charge < -0.3 is 24.8 Å². The molecule has 0 aliphatic carbocycles. The third-order valence-electron chi connectivity index (χ3n) is 6.74. The molecule has 2 aliphatic heterocycles. The van der Waals surface area contributed by atoms with Crippen molar-refractivity contribution < 1.29 is 9.53 Å². The lowest BCUT2D eigenvalue weighted by molar-refractivity contribution is -0.130. The van der Waals surface area contributed by atoms with E-state index in [1.807, 2.05) is 30.0 Å². The number of aryl methyl sites for hydroxylation is 1. The van der Waals surface area contributed by atoms with Crippen LogP contribution in [0.4, 0.5) is 23.1 Å². The van der Waals surface area contributed by atoms with Crippen LogP contribution in [0.15, 0.2) is 54.6 Å². The van der Waals surface area contributed by atoms with E-state index in [0.29, 0.717) is 44.1 Å². The fraction of sp³-hybridized carbons (Fsp3) is 0.357. The number of morpholine rings is 1. The summed E-state index contributed by atoms with van der Waals surface area (Å²) in [6.07, 6.45) is 0.344. The van der Waals surface area contributed by atoms with E-state index in [1.54, 1.807) is 12.1 Å². The van der Waals surface area contributed by atoms with Crippen molar-refractivity contribution in [2.45, 2.75) is 13.3 Å². The zero-order valence-electron chi connectivity index (χ0n) is 21.1. The average molecular weight is 498 g/mol. The highest BCUT2D eigenvalue weighted by Crippen LogP contribution is 2.23. The fourth-order valence-electron chi connectivity index (χ4n) is 4.64. The third-order valence-corrected chi connectivity index (χ3v) is 6.74. The van der Waals surface area contributed by atoms with Crippen LogP contribution in [-0.2, 0) is 16.0 Å².